The maximum absolute atomic E-state index is 11.0. The summed E-state index contributed by atoms with van der Waals surface area (Å²) in [6.07, 6.45) is 1.42. The molecule has 1 saturated heterocycles. The summed E-state index contributed by atoms with van der Waals surface area (Å²) in [5.41, 5.74) is 2.39. The molecular weight excluding hydrogens is 284 g/mol. The third-order valence-electron chi connectivity index (χ3n) is 4.18. The number of carbonyl (C=O) groups is 1. The first kappa shape index (κ1) is 14.3. The molecule has 112 valence electrons. The van der Waals surface area contributed by atoms with Gasteiger partial charge in [-0.3, -0.25) is 4.79 Å². The van der Waals surface area contributed by atoms with Gasteiger partial charge in [0.25, 0.3) is 0 Å². The zero-order valence-corrected chi connectivity index (χ0v) is 13.2. The molecule has 2 aromatic rings. The van der Waals surface area contributed by atoms with Crippen molar-refractivity contribution < 1.29 is 9.90 Å². The van der Waals surface area contributed by atoms with E-state index in [1.807, 2.05) is 0 Å². The van der Waals surface area contributed by atoms with E-state index >= 15 is 0 Å². The second kappa shape index (κ2) is 5.64. The molecule has 21 heavy (non-hydrogen) atoms. The van der Waals surface area contributed by atoms with Crippen LogP contribution in [0.2, 0.25) is 0 Å². The fraction of sp³-hybridized carbons (Fsp3) is 0.500. The van der Waals surface area contributed by atoms with Gasteiger partial charge in [-0.2, -0.15) is 0 Å². The number of aliphatic carboxylic acids is 1. The maximum atomic E-state index is 11.0. The van der Waals surface area contributed by atoms with Gasteiger partial charge in [-0.25, -0.2) is 4.98 Å². The fourth-order valence-electron chi connectivity index (χ4n) is 2.88. The van der Waals surface area contributed by atoms with Crippen molar-refractivity contribution in [2.24, 2.45) is 5.92 Å². The molecule has 1 aliphatic rings. The summed E-state index contributed by atoms with van der Waals surface area (Å²) in [7, 11) is 0. The van der Waals surface area contributed by atoms with Crippen LogP contribution in [0, 0.1) is 5.92 Å². The zero-order chi connectivity index (χ0) is 15.0. The molecule has 0 aliphatic carbocycles. The average Bonchev–Trinajstić information content (AvgIpc) is 2.90. The number of nitrogens with zero attached hydrogens (tertiary/aromatic N) is 2. The van der Waals surface area contributed by atoms with E-state index in [1.165, 1.54) is 10.3 Å². The van der Waals surface area contributed by atoms with E-state index < -0.39 is 5.97 Å². The van der Waals surface area contributed by atoms with Crippen LogP contribution in [0.25, 0.3) is 10.2 Å². The number of para-hydroxylation sites is 1. The van der Waals surface area contributed by atoms with Crippen molar-refractivity contribution >= 4 is 32.7 Å². The lowest BCUT2D eigenvalue weighted by Gasteiger charge is -2.29. The smallest absolute Gasteiger partial charge is 0.306 e. The first-order valence-corrected chi connectivity index (χ1v) is 8.25. The third-order valence-corrected chi connectivity index (χ3v) is 5.26. The minimum absolute atomic E-state index is 0.193. The summed E-state index contributed by atoms with van der Waals surface area (Å²) < 4.78 is 1.22. The van der Waals surface area contributed by atoms with E-state index in [2.05, 4.69) is 36.9 Å². The number of carboxylic acid groups (broad SMARTS) is 1. The van der Waals surface area contributed by atoms with Crippen LogP contribution in [-0.2, 0) is 4.79 Å². The molecule has 0 unspecified atom stereocenters. The van der Waals surface area contributed by atoms with E-state index in [9.17, 15) is 4.79 Å². The number of hydrogen-bond donors (Lipinski definition) is 1. The van der Waals surface area contributed by atoms with Crippen LogP contribution < -0.4 is 4.90 Å². The predicted octanol–water partition coefficient (Wildman–Crippen LogP) is 3.72. The Morgan fingerprint density at radius 2 is 2.10 bits per heavy atom. The monoisotopic (exact) mass is 304 g/mol. The highest BCUT2D eigenvalue weighted by Crippen LogP contribution is 2.34. The van der Waals surface area contributed by atoms with Crippen LogP contribution in [0.15, 0.2) is 18.2 Å². The van der Waals surface area contributed by atoms with Crippen LogP contribution in [0.3, 0.4) is 0 Å². The first-order chi connectivity index (χ1) is 10.1. The molecule has 0 amide bonds. The molecule has 0 atom stereocenters. The molecule has 1 N–H and O–H groups in total. The van der Waals surface area contributed by atoms with Gasteiger partial charge in [-0.15, -0.1) is 0 Å². The second-order valence-electron chi connectivity index (χ2n) is 5.94. The lowest BCUT2D eigenvalue weighted by atomic mass is 9.97. The van der Waals surface area contributed by atoms with Gasteiger partial charge in [0.1, 0.15) is 0 Å². The topological polar surface area (TPSA) is 53.4 Å². The molecule has 1 aromatic heterocycles. The van der Waals surface area contributed by atoms with E-state index in [0.29, 0.717) is 18.8 Å². The number of benzene rings is 1. The lowest BCUT2D eigenvalue weighted by Crippen LogP contribution is -2.36. The summed E-state index contributed by atoms with van der Waals surface area (Å²) in [4.78, 5) is 18.1. The highest BCUT2D eigenvalue weighted by Gasteiger charge is 2.26. The van der Waals surface area contributed by atoms with Crippen molar-refractivity contribution in [3.05, 3.63) is 23.8 Å². The molecular formula is C16H20N2O2S. The molecule has 1 aliphatic heterocycles. The number of carboxylic acids is 1. The van der Waals surface area contributed by atoms with Crippen molar-refractivity contribution in [1.82, 2.24) is 4.98 Å². The van der Waals surface area contributed by atoms with Gasteiger partial charge in [0.2, 0.25) is 0 Å². The highest BCUT2D eigenvalue weighted by atomic mass is 32.1. The second-order valence-corrected chi connectivity index (χ2v) is 6.95. The van der Waals surface area contributed by atoms with Gasteiger partial charge >= 0.3 is 5.97 Å². The minimum Gasteiger partial charge on any atom is -0.481 e. The van der Waals surface area contributed by atoms with Gasteiger partial charge in [0, 0.05) is 13.1 Å². The molecule has 0 radical (unpaired) electrons. The Labute approximate surface area is 128 Å². The molecule has 0 bridgehead atoms. The van der Waals surface area contributed by atoms with Crippen molar-refractivity contribution in [2.75, 3.05) is 18.0 Å². The van der Waals surface area contributed by atoms with Crippen molar-refractivity contribution in [3.63, 3.8) is 0 Å². The minimum atomic E-state index is -0.666. The summed E-state index contributed by atoms with van der Waals surface area (Å²) in [6, 6.07) is 6.36. The SMILES string of the molecule is CC(C)c1cccc2sc(N3CCC(C(=O)O)CC3)nc12. The van der Waals surface area contributed by atoms with Gasteiger partial charge in [-0.1, -0.05) is 37.3 Å². The Morgan fingerprint density at radius 1 is 1.38 bits per heavy atom. The molecule has 1 aromatic carbocycles. The fourth-order valence-corrected chi connectivity index (χ4v) is 3.93. The average molecular weight is 304 g/mol. The number of aromatic nitrogens is 1. The Balaban J connectivity index is 1.86. The molecule has 2 heterocycles. The van der Waals surface area contributed by atoms with Crippen LogP contribution >= 0.6 is 11.3 Å². The van der Waals surface area contributed by atoms with Gasteiger partial charge in [0.15, 0.2) is 5.13 Å². The molecule has 0 spiro atoms. The normalized spacial score (nSPS) is 16.8. The van der Waals surface area contributed by atoms with E-state index in [-0.39, 0.29) is 5.92 Å². The van der Waals surface area contributed by atoms with Crippen molar-refractivity contribution in [1.29, 1.82) is 0 Å². The van der Waals surface area contributed by atoms with Gasteiger partial charge in [-0.05, 0) is 30.4 Å². The molecule has 1 fully saturated rings. The number of anilines is 1. The number of thiazole rings is 1. The Morgan fingerprint density at radius 3 is 2.71 bits per heavy atom. The molecule has 0 saturated carbocycles. The van der Waals surface area contributed by atoms with Crippen LogP contribution in [0.1, 0.15) is 38.2 Å². The number of hydrogen-bond acceptors (Lipinski definition) is 4. The predicted molar refractivity (Wildman–Crippen MR) is 86.3 cm³/mol. The molecule has 4 nitrogen and oxygen atoms in total. The zero-order valence-electron chi connectivity index (χ0n) is 12.4. The quantitative estimate of drug-likeness (QED) is 0.939. The Hall–Kier alpha value is -1.62. The van der Waals surface area contributed by atoms with Crippen LogP contribution in [-0.4, -0.2) is 29.1 Å². The maximum Gasteiger partial charge on any atom is 0.306 e. The lowest BCUT2D eigenvalue weighted by molar-refractivity contribution is -0.142. The van der Waals surface area contributed by atoms with E-state index in [0.717, 1.165) is 23.7 Å². The number of rotatable bonds is 3. The summed E-state index contributed by atoms with van der Waals surface area (Å²) >= 11 is 1.71. The molecule has 3 rings (SSSR count). The third kappa shape index (κ3) is 2.75. The largest absolute Gasteiger partial charge is 0.481 e. The standard InChI is InChI=1S/C16H20N2O2S/c1-10(2)12-4-3-5-13-14(12)17-16(21-13)18-8-6-11(7-9-18)15(19)20/h3-5,10-11H,6-9H2,1-2H3,(H,19,20). The van der Waals surface area contributed by atoms with Crippen LogP contribution in [0.5, 0.6) is 0 Å². The molecule has 5 heteroatoms. The van der Waals surface area contributed by atoms with Crippen molar-refractivity contribution in [3.8, 4) is 0 Å². The Bertz CT molecular complexity index is 657. The summed E-state index contributed by atoms with van der Waals surface area (Å²) in [5.74, 6) is -0.399. The van der Waals surface area contributed by atoms with Gasteiger partial charge in [0.05, 0.1) is 16.1 Å². The van der Waals surface area contributed by atoms with E-state index in [1.54, 1.807) is 11.3 Å². The van der Waals surface area contributed by atoms with Crippen LogP contribution in [0.4, 0.5) is 5.13 Å². The Kier molecular flexibility index (Phi) is 3.85. The van der Waals surface area contributed by atoms with Crippen molar-refractivity contribution in [2.45, 2.75) is 32.6 Å². The number of fused-ring (bicyclic) bond motifs is 1. The number of piperidine rings is 1. The summed E-state index contributed by atoms with van der Waals surface area (Å²) in [5, 5.41) is 10.1. The first-order valence-electron chi connectivity index (χ1n) is 7.43. The van der Waals surface area contributed by atoms with E-state index in [4.69, 9.17) is 10.1 Å². The summed E-state index contributed by atoms with van der Waals surface area (Å²) in [6.45, 7) is 5.94. The van der Waals surface area contributed by atoms with Gasteiger partial charge < -0.3 is 10.0 Å². The highest BCUT2D eigenvalue weighted by molar-refractivity contribution is 7.22.